The van der Waals surface area contributed by atoms with E-state index >= 15 is 0 Å². The zero-order valence-electron chi connectivity index (χ0n) is 13.3. The van der Waals surface area contributed by atoms with Gasteiger partial charge in [0.05, 0.1) is 0 Å². The number of fused-ring (bicyclic) bond motifs is 4. The lowest BCUT2D eigenvalue weighted by Gasteiger charge is -2.29. The minimum atomic E-state index is -1.94. The van der Waals surface area contributed by atoms with Crippen LogP contribution in [0.2, 0.25) is 13.1 Å². The predicted octanol–water partition coefficient (Wildman–Crippen LogP) is 4.15. The van der Waals surface area contributed by atoms with Gasteiger partial charge < -0.3 is 8.85 Å². The summed E-state index contributed by atoms with van der Waals surface area (Å²) in [6.07, 6.45) is 15.1. The van der Waals surface area contributed by atoms with E-state index < -0.39 is 8.56 Å². The molecule has 4 aliphatic carbocycles. The molecule has 4 aliphatic rings. The summed E-state index contributed by atoms with van der Waals surface area (Å²) in [5.41, 5.74) is 0. The lowest BCUT2D eigenvalue weighted by molar-refractivity contribution is 0.123. The maximum atomic E-state index is 6.27. The van der Waals surface area contributed by atoms with Crippen LogP contribution >= 0.6 is 0 Å². The second-order valence-corrected chi connectivity index (χ2v) is 11.5. The molecular formula is C18H28O2Si. The van der Waals surface area contributed by atoms with Gasteiger partial charge in [0.15, 0.2) is 0 Å². The molecule has 0 aliphatic heterocycles. The van der Waals surface area contributed by atoms with Crippen molar-refractivity contribution in [1.29, 1.82) is 0 Å². The molecule has 0 radical (unpaired) electrons. The van der Waals surface area contributed by atoms with Crippen molar-refractivity contribution in [2.75, 3.05) is 13.2 Å². The Morgan fingerprint density at radius 1 is 0.762 bits per heavy atom. The van der Waals surface area contributed by atoms with E-state index in [-0.39, 0.29) is 0 Å². The van der Waals surface area contributed by atoms with E-state index in [0.29, 0.717) is 0 Å². The average Bonchev–Trinajstić information content (AvgIpc) is 3.22. The number of hydrogen-bond acceptors (Lipinski definition) is 2. The maximum Gasteiger partial charge on any atom is 0.331 e. The highest BCUT2D eigenvalue weighted by atomic mass is 28.4. The van der Waals surface area contributed by atoms with E-state index in [2.05, 4.69) is 37.4 Å². The fourth-order valence-corrected chi connectivity index (χ4v) is 6.14. The van der Waals surface area contributed by atoms with E-state index in [9.17, 15) is 0 Å². The molecule has 21 heavy (non-hydrogen) atoms. The molecular weight excluding hydrogens is 276 g/mol. The quantitative estimate of drug-likeness (QED) is 0.542. The average molecular weight is 305 g/mol. The Bertz CT molecular complexity index is 416. The Morgan fingerprint density at radius 2 is 1.24 bits per heavy atom. The van der Waals surface area contributed by atoms with E-state index in [1.807, 2.05) is 0 Å². The van der Waals surface area contributed by atoms with Gasteiger partial charge >= 0.3 is 8.56 Å². The summed E-state index contributed by atoms with van der Waals surface area (Å²) in [7, 11) is -1.94. The molecule has 6 atom stereocenters. The van der Waals surface area contributed by atoms with Gasteiger partial charge in [-0.15, -0.1) is 0 Å². The van der Waals surface area contributed by atoms with Crippen molar-refractivity contribution in [2.45, 2.75) is 38.8 Å². The normalized spacial score (nSPS) is 43.3. The van der Waals surface area contributed by atoms with E-state index in [1.54, 1.807) is 0 Å². The van der Waals surface area contributed by atoms with Gasteiger partial charge in [0.25, 0.3) is 0 Å². The summed E-state index contributed by atoms with van der Waals surface area (Å²) in [4.78, 5) is 0. The molecule has 5 unspecified atom stereocenters. The van der Waals surface area contributed by atoms with Crippen molar-refractivity contribution in [2.24, 2.45) is 35.5 Å². The monoisotopic (exact) mass is 304 g/mol. The minimum Gasteiger partial charge on any atom is -0.394 e. The highest BCUT2D eigenvalue weighted by molar-refractivity contribution is 6.64. The lowest BCUT2D eigenvalue weighted by Crippen LogP contribution is -2.39. The first-order chi connectivity index (χ1) is 10.1. The third kappa shape index (κ3) is 2.93. The second kappa shape index (κ2) is 5.36. The first-order valence-corrected chi connectivity index (χ1v) is 11.6. The Hall–Kier alpha value is -0.383. The summed E-state index contributed by atoms with van der Waals surface area (Å²) in [6.45, 7) is 6.28. The van der Waals surface area contributed by atoms with Crippen LogP contribution in [-0.4, -0.2) is 21.8 Å². The molecule has 2 fully saturated rings. The van der Waals surface area contributed by atoms with Crippen LogP contribution in [0.5, 0.6) is 0 Å². The Balaban J connectivity index is 1.23. The molecule has 0 aromatic carbocycles. The van der Waals surface area contributed by atoms with Crippen molar-refractivity contribution in [3.8, 4) is 0 Å². The first-order valence-electron chi connectivity index (χ1n) is 8.73. The summed E-state index contributed by atoms with van der Waals surface area (Å²) >= 11 is 0. The SMILES string of the molecule is C[Si](C)(OCC1CC2C=CC1C2)OCC1C[C@@H]2C=CC1C2. The van der Waals surface area contributed by atoms with Crippen molar-refractivity contribution >= 4 is 8.56 Å². The number of allylic oxidation sites excluding steroid dienone is 4. The van der Waals surface area contributed by atoms with Crippen molar-refractivity contribution in [1.82, 2.24) is 0 Å². The minimum absolute atomic E-state index is 0.751. The molecule has 2 saturated carbocycles. The molecule has 0 N–H and O–H groups in total. The Kier molecular flexibility index (Phi) is 3.63. The lowest BCUT2D eigenvalue weighted by atomic mass is 9.95. The molecule has 0 heterocycles. The molecule has 0 amide bonds. The van der Waals surface area contributed by atoms with E-state index in [1.165, 1.54) is 25.7 Å². The fraction of sp³-hybridized carbons (Fsp3) is 0.778. The van der Waals surface area contributed by atoms with Crippen LogP contribution in [-0.2, 0) is 8.85 Å². The van der Waals surface area contributed by atoms with Gasteiger partial charge in [-0.25, -0.2) is 0 Å². The van der Waals surface area contributed by atoms with Gasteiger partial charge in [-0.05, 0) is 74.3 Å². The van der Waals surface area contributed by atoms with E-state index in [0.717, 1.165) is 48.7 Å². The van der Waals surface area contributed by atoms with Gasteiger partial charge in [0.1, 0.15) is 0 Å². The topological polar surface area (TPSA) is 18.5 Å². The molecule has 4 bridgehead atoms. The third-order valence-corrected chi connectivity index (χ3v) is 7.85. The highest BCUT2D eigenvalue weighted by Crippen LogP contribution is 2.45. The fourth-order valence-electron chi connectivity index (χ4n) is 4.83. The van der Waals surface area contributed by atoms with Gasteiger partial charge in [-0.3, -0.25) is 0 Å². The summed E-state index contributed by atoms with van der Waals surface area (Å²) in [5, 5.41) is 0. The van der Waals surface area contributed by atoms with Crippen LogP contribution in [0, 0.1) is 35.5 Å². The Morgan fingerprint density at radius 3 is 1.57 bits per heavy atom. The molecule has 3 heteroatoms. The largest absolute Gasteiger partial charge is 0.394 e. The van der Waals surface area contributed by atoms with Crippen LogP contribution in [0.1, 0.15) is 25.7 Å². The standard InChI is InChI=1S/C18H28O2Si/c1-21(2,19-11-17-9-13-3-5-15(17)7-13)20-12-18-10-14-4-6-16(18)8-14/h3-6,13-18H,7-12H2,1-2H3/t13-,14?,15?,16?,17?,18?/m1/s1. The number of rotatable bonds is 6. The third-order valence-electron chi connectivity index (χ3n) is 6.12. The maximum absolute atomic E-state index is 6.27. The summed E-state index contributed by atoms with van der Waals surface area (Å²) in [5.74, 6) is 4.76. The highest BCUT2D eigenvalue weighted by Gasteiger charge is 2.39. The van der Waals surface area contributed by atoms with Gasteiger partial charge in [-0.2, -0.15) is 0 Å². The van der Waals surface area contributed by atoms with Crippen molar-refractivity contribution in [3.05, 3.63) is 24.3 Å². The summed E-state index contributed by atoms with van der Waals surface area (Å²) in [6, 6.07) is 0. The molecule has 2 nitrogen and oxygen atoms in total. The van der Waals surface area contributed by atoms with Crippen molar-refractivity contribution in [3.63, 3.8) is 0 Å². The second-order valence-electron chi connectivity index (χ2n) is 8.10. The first kappa shape index (κ1) is 14.2. The molecule has 0 spiro atoms. The molecule has 0 aromatic heterocycles. The van der Waals surface area contributed by atoms with Crippen LogP contribution in [0.4, 0.5) is 0 Å². The van der Waals surface area contributed by atoms with Crippen LogP contribution in [0.3, 0.4) is 0 Å². The van der Waals surface area contributed by atoms with Crippen LogP contribution in [0.25, 0.3) is 0 Å². The van der Waals surface area contributed by atoms with Gasteiger partial charge in [0, 0.05) is 13.2 Å². The zero-order chi connectivity index (χ0) is 14.4. The van der Waals surface area contributed by atoms with E-state index in [4.69, 9.17) is 8.85 Å². The van der Waals surface area contributed by atoms with Gasteiger partial charge in [-0.1, -0.05) is 24.3 Å². The molecule has 116 valence electrons. The zero-order valence-corrected chi connectivity index (χ0v) is 14.3. The van der Waals surface area contributed by atoms with Crippen LogP contribution in [0.15, 0.2) is 24.3 Å². The molecule has 0 saturated heterocycles. The predicted molar refractivity (Wildman–Crippen MR) is 87.1 cm³/mol. The van der Waals surface area contributed by atoms with Crippen LogP contribution < -0.4 is 0 Å². The Labute approximate surface area is 129 Å². The van der Waals surface area contributed by atoms with Gasteiger partial charge in [0.2, 0.25) is 0 Å². The van der Waals surface area contributed by atoms with Crippen molar-refractivity contribution < 1.29 is 8.85 Å². The smallest absolute Gasteiger partial charge is 0.331 e. The molecule has 0 aromatic rings. The molecule has 4 rings (SSSR count). The summed E-state index contributed by atoms with van der Waals surface area (Å²) < 4.78 is 12.5. The number of hydrogen-bond donors (Lipinski definition) is 0.